The third-order valence-electron chi connectivity index (χ3n) is 7.16. The van der Waals surface area contributed by atoms with Gasteiger partial charge in [-0.2, -0.15) is 13.2 Å². The summed E-state index contributed by atoms with van der Waals surface area (Å²) >= 11 is 0. The lowest BCUT2D eigenvalue weighted by atomic mass is 10.0. The van der Waals surface area contributed by atoms with Crippen LogP contribution >= 0.6 is 0 Å². The Bertz CT molecular complexity index is 634. The van der Waals surface area contributed by atoms with E-state index in [1.807, 2.05) is 30.3 Å². The fourth-order valence-corrected chi connectivity index (χ4v) is 4.87. The SMILES string of the molecule is CCCCCCCCCCCCCCCCCCCCOC1(C(F)(F)F)OC1Cc1ccccc1. The number of rotatable bonds is 22. The second-order valence-electron chi connectivity index (χ2n) is 10.3. The highest BCUT2D eigenvalue weighted by Crippen LogP contribution is 2.51. The van der Waals surface area contributed by atoms with Crippen molar-refractivity contribution in [3.63, 3.8) is 0 Å². The van der Waals surface area contributed by atoms with Crippen LogP contribution in [0.2, 0.25) is 0 Å². The van der Waals surface area contributed by atoms with Crippen molar-refractivity contribution in [1.29, 1.82) is 0 Å². The molecule has 5 heteroatoms. The maximum Gasteiger partial charge on any atom is 0.446 e. The van der Waals surface area contributed by atoms with Gasteiger partial charge in [-0.1, -0.05) is 146 Å². The predicted molar refractivity (Wildman–Crippen MR) is 139 cm³/mol. The first-order valence-corrected chi connectivity index (χ1v) is 14.4. The van der Waals surface area contributed by atoms with Crippen LogP contribution in [-0.4, -0.2) is 24.7 Å². The number of halogens is 3. The van der Waals surface area contributed by atoms with Gasteiger partial charge in [-0.25, -0.2) is 0 Å². The molecule has 0 bridgehead atoms. The Morgan fingerprint density at radius 1 is 0.686 bits per heavy atom. The molecule has 1 aromatic carbocycles. The lowest BCUT2D eigenvalue weighted by molar-refractivity contribution is -0.272. The summed E-state index contributed by atoms with van der Waals surface area (Å²) in [6.07, 6.45) is 17.6. The summed E-state index contributed by atoms with van der Waals surface area (Å²) in [4.78, 5) is 0. The first kappa shape index (κ1) is 30.2. The number of benzene rings is 1. The maximum absolute atomic E-state index is 13.5. The zero-order valence-electron chi connectivity index (χ0n) is 22.1. The second kappa shape index (κ2) is 17.4. The number of epoxide rings is 1. The molecule has 0 saturated carbocycles. The molecule has 1 aromatic rings. The molecular formula is C30H49F3O2. The van der Waals surface area contributed by atoms with E-state index in [4.69, 9.17) is 9.47 Å². The van der Waals surface area contributed by atoms with Crippen molar-refractivity contribution < 1.29 is 22.6 Å². The normalized spacial score (nSPS) is 19.8. The van der Waals surface area contributed by atoms with E-state index < -0.39 is 18.1 Å². The molecule has 0 aromatic heterocycles. The van der Waals surface area contributed by atoms with Crippen molar-refractivity contribution in [2.24, 2.45) is 0 Å². The molecule has 0 aliphatic carbocycles. The highest BCUT2D eigenvalue weighted by atomic mass is 19.4. The summed E-state index contributed by atoms with van der Waals surface area (Å²) in [7, 11) is 0. The minimum atomic E-state index is -4.50. The molecule has 1 saturated heterocycles. The Balaban J connectivity index is 1.38. The average Bonchev–Trinajstić information content (AvgIpc) is 3.55. The minimum absolute atomic E-state index is 0.101. The number of hydrogen-bond acceptors (Lipinski definition) is 2. The van der Waals surface area contributed by atoms with E-state index in [0.717, 1.165) is 24.8 Å². The molecule has 2 unspecified atom stereocenters. The number of unbranched alkanes of at least 4 members (excludes halogenated alkanes) is 17. The van der Waals surface area contributed by atoms with Gasteiger partial charge in [0.05, 0.1) is 6.61 Å². The summed E-state index contributed by atoms with van der Waals surface area (Å²) in [6.45, 7) is 2.37. The smallest absolute Gasteiger partial charge is 0.341 e. The Morgan fingerprint density at radius 3 is 1.54 bits per heavy atom. The van der Waals surface area contributed by atoms with Gasteiger partial charge in [0, 0.05) is 6.42 Å². The van der Waals surface area contributed by atoms with Crippen molar-refractivity contribution in [1.82, 2.24) is 0 Å². The molecule has 1 aliphatic heterocycles. The third kappa shape index (κ3) is 12.1. The number of ether oxygens (including phenoxy) is 2. The van der Waals surface area contributed by atoms with E-state index in [9.17, 15) is 13.2 Å². The molecule has 0 N–H and O–H groups in total. The van der Waals surface area contributed by atoms with Crippen molar-refractivity contribution in [3.05, 3.63) is 35.9 Å². The van der Waals surface area contributed by atoms with E-state index >= 15 is 0 Å². The number of alkyl halides is 3. The van der Waals surface area contributed by atoms with Crippen LogP contribution in [-0.2, 0) is 15.9 Å². The Kier molecular flexibility index (Phi) is 15.0. The monoisotopic (exact) mass is 498 g/mol. The molecular weight excluding hydrogens is 449 g/mol. The second-order valence-corrected chi connectivity index (χ2v) is 10.3. The van der Waals surface area contributed by atoms with E-state index in [-0.39, 0.29) is 13.0 Å². The fraction of sp³-hybridized carbons (Fsp3) is 0.800. The summed E-state index contributed by atoms with van der Waals surface area (Å²) in [6, 6.07) is 9.14. The van der Waals surface area contributed by atoms with Gasteiger partial charge in [-0.05, 0) is 12.0 Å². The van der Waals surface area contributed by atoms with Crippen molar-refractivity contribution in [2.75, 3.05) is 6.61 Å². The standard InChI is InChI=1S/C30H49F3O2/c1-2-3-4-5-6-7-8-9-10-11-12-13-14-15-16-17-18-22-25-34-29(30(31,32)33)28(35-29)26-27-23-20-19-21-24-27/h19-21,23-24,28H,2-18,22,25-26H2,1H3. The molecule has 0 amide bonds. The Labute approximate surface area is 212 Å². The van der Waals surface area contributed by atoms with Crippen LogP contribution < -0.4 is 0 Å². The topological polar surface area (TPSA) is 21.8 Å². The van der Waals surface area contributed by atoms with Gasteiger partial charge >= 0.3 is 6.18 Å². The van der Waals surface area contributed by atoms with E-state index in [2.05, 4.69) is 6.92 Å². The lowest BCUT2D eigenvalue weighted by Gasteiger charge is -2.17. The summed E-state index contributed by atoms with van der Waals surface area (Å²) < 4.78 is 50.9. The van der Waals surface area contributed by atoms with Crippen molar-refractivity contribution >= 4 is 0 Å². The molecule has 35 heavy (non-hydrogen) atoms. The first-order valence-electron chi connectivity index (χ1n) is 14.4. The molecule has 202 valence electrons. The highest BCUT2D eigenvalue weighted by Gasteiger charge is 2.75. The summed E-state index contributed by atoms with van der Waals surface area (Å²) in [5.74, 6) is -2.41. The van der Waals surface area contributed by atoms with Crippen LogP contribution in [0.3, 0.4) is 0 Å². The third-order valence-corrected chi connectivity index (χ3v) is 7.16. The minimum Gasteiger partial charge on any atom is -0.341 e. The lowest BCUT2D eigenvalue weighted by Crippen LogP contribution is -2.38. The van der Waals surface area contributed by atoms with Gasteiger partial charge < -0.3 is 9.47 Å². The molecule has 2 atom stereocenters. The number of hydrogen-bond donors (Lipinski definition) is 0. The van der Waals surface area contributed by atoms with Gasteiger partial charge in [-0.15, -0.1) is 0 Å². The van der Waals surface area contributed by atoms with Gasteiger partial charge in [0.2, 0.25) is 0 Å². The molecule has 1 aliphatic rings. The van der Waals surface area contributed by atoms with Crippen molar-refractivity contribution in [2.45, 2.75) is 147 Å². The van der Waals surface area contributed by atoms with Crippen LogP contribution in [0, 0.1) is 0 Å². The zero-order valence-corrected chi connectivity index (χ0v) is 22.1. The Morgan fingerprint density at radius 2 is 1.11 bits per heavy atom. The van der Waals surface area contributed by atoms with Crippen LogP contribution in [0.4, 0.5) is 13.2 Å². The Hall–Kier alpha value is -1.07. The molecule has 2 nitrogen and oxygen atoms in total. The molecule has 1 heterocycles. The highest BCUT2D eigenvalue weighted by molar-refractivity contribution is 5.19. The first-order chi connectivity index (χ1) is 17.0. The van der Waals surface area contributed by atoms with E-state index in [0.29, 0.717) is 6.42 Å². The average molecular weight is 499 g/mol. The fourth-order valence-electron chi connectivity index (χ4n) is 4.87. The van der Waals surface area contributed by atoms with Gasteiger partial charge in [-0.3, -0.25) is 0 Å². The predicted octanol–water partition coefficient (Wildman–Crippen LogP) is 9.94. The quantitative estimate of drug-likeness (QED) is 0.117. The van der Waals surface area contributed by atoms with Gasteiger partial charge in [0.15, 0.2) is 0 Å². The van der Waals surface area contributed by atoms with Crippen LogP contribution in [0.25, 0.3) is 0 Å². The zero-order chi connectivity index (χ0) is 25.2. The van der Waals surface area contributed by atoms with E-state index in [1.165, 1.54) is 89.9 Å². The molecule has 0 spiro atoms. The van der Waals surface area contributed by atoms with E-state index in [1.54, 1.807) is 0 Å². The van der Waals surface area contributed by atoms with Crippen LogP contribution in [0.5, 0.6) is 0 Å². The molecule has 2 rings (SSSR count). The maximum atomic E-state index is 13.5. The van der Waals surface area contributed by atoms with Gasteiger partial charge in [0.25, 0.3) is 5.79 Å². The van der Waals surface area contributed by atoms with Crippen molar-refractivity contribution in [3.8, 4) is 0 Å². The molecule has 1 fully saturated rings. The largest absolute Gasteiger partial charge is 0.446 e. The summed E-state index contributed by atoms with van der Waals surface area (Å²) in [5, 5.41) is 0. The summed E-state index contributed by atoms with van der Waals surface area (Å²) in [5.41, 5.74) is 0.834. The van der Waals surface area contributed by atoms with Crippen LogP contribution in [0.15, 0.2) is 30.3 Å². The molecule has 0 radical (unpaired) electrons. The van der Waals surface area contributed by atoms with Crippen LogP contribution in [0.1, 0.15) is 128 Å². The van der Waals surface area contributed by atoms with Gasteiger partial charge in [0.1, 0.15) is 6.10 Å².